The number of nitrogens with one attached hydrogen (secondary N) is 2. The molecular formula is C8H10N2O2S2. The Labute approximate surface area is 91.1 Å². The van der Waals surface area contributed by atoms with Gasteiger partial charge in [-0.2, -0.15) is 0 Å². The Kier molecular flexibility index (Phi) is 3.97. The third-order valence-electron chi connectivity index (χ3n) is 1.50. The summed E-state index contributed by atoms with van der Waals surface area (Å²) in [6.07, 6.45) is 0. The SMILES string of the molecule is CNC(=O)CNC(=O)c1cc(S)cs1. The first-order chi connectivity index (χ1) is 6.63. The van der Waals surface area contributed by atoms with E-state index in [9.17, 15) is 9.59 Å². The van der Waals surface area contributed by atoms with Crippen molar-refractivity contribution in [1.29, 1.82) is 0 Å². The lowest BCUT2D eigenvalue weighted by atomic mass is 10.4. The Bertz CT molecular complexity index is 349. The molecule has 2 N–H and O–H groups in total. The van der Waals surface area contributed by atoms with Gasteiger partial charge >= 0.3 is 0 Å². The minimum atomic E-state index is -0.251. The Balaban J connectivity index is 2.47. The number of thiophene rings is 1. The lowest BCUT2D eigenvalue weighted by molar-refractivity contribution is -0.119. The van der Waals surface area contributed by atoms with Crippen LogP contribution in [0.1, 0.15) is 9.67 Å². The maximum absolute atomic E-state index is 11.4. The standard InChI is InChI=1S/C8H10N2O2S2/c1-9-7(11)3-10-8(12)6-2-5(13)4-14-6/h2,4,13H,3H2,1H3,(H,9,11)(H,10,12). The molecule has 1 rings (SSSR count). The Morgan fingerprint density at radius 2 is 2.29 bits per heavy atom. The van der Waals surface area contributed by atoms with Gasteiger partial charge in [-0.25, -0.2) is 0 Å². The first-order valence-corrected chi connectivity index (χ1v) is 5.22. The molecule has 14 heavy (non-hydrogen) atoms. The van der Waals surface area contributed by atoms with E-state index >= 15 is 0 Å². The van der Waals surface area contributed by atoms with E-state index in [0.717, 1.165) is 4.90 Å². The minimum absolute atomic E-state index is 0.00482. The summed E-state index contributed by atoms with van der Waals surface area (Å²) in [5.74, 6) is -0.472. The van der Waals surface area contributed by atoms with E-state index in [1.807, 2.05) is 0 Å². The van der Waals surface area contributed by atoms with Gasteiger partial charge in [-0.15, -0.1) is 24.0 Å². The average Bonchev–Trinajstić information content (AvgIpc) is 2.60. The number of thiol groups is 1. The minimum Gasteiger partial charge on any atom is -0.358 e. The van der Waals surface area contributed by atoms with Gasteiger partial charge in [0.2, 0.25) is 5.91 Å². The van der Waals surface area contributed by atoms with E-state index in [1.54, 1.807) is 11.4 Å². The molecule has 4 nitrogen and oxygen atoms in total. The molecule has 0 saturated carbocycles. The molecule has 76 valence electrons. The van der Waals surface area contributed by atoms with E-state index in [4.69, 9.17) is 0 Å². The van der Waals surface area contributed by atoms with Gasteiger partial charge in [0.1, 0.15) is 0 Å². The van der Waals surface area contributed by atoms with Crippen molar-refractivity contribution in [2.75, 3.05) is 13.6 Å². The van der Waals surface area contributed by atoms with Crippen molar-refractivity contribution in [1.82, 2.24) is 10.6 Å². The second-order valence-corrected chi connectivity index (χ2v) is 3.95. The summed E-state index contributed by atoms with van der Waals surface area (Å²) in [5, 5.41) is 6.66. The van der Waals surface area contributed by atoms with Crippen LogP contribution in [0.25, 0.3) is 0 Å². The van der Waals surface area contributed by atoms with Gasteiger partial charge in [-0.1, -0.05) is 0 Å². The number of hydrogen-bond donors (Lipinski definition) is 3. The molecule has 0 fully saturated rings. The molecule has 0 saturated heterocycles. The molecule has 0 spiro atoms. The number of hydrogen-bond acceptors (Lipinski definition) is 4. The van der Waals surface area contributed by atoms with E-state index in [-0.39, 0.29) is 18.4 Å². The van der Waals surface area contributed by atoms with Gasteiger partial charge in [0, 0.05) is 17.3 Å². The number of amides is 2. The van der Waals surface area contributed by atoms with Crippen LogP contribution in [0, 0.1) is 0 Å². The molecule has 0 aromatic carbocycles. The first kappa shape index (κ1) is 11.1. The van der Waals surface area contributed by atoms with Crippen LogP contribution < -0.4 is 10.6 Å². The molecule has 1 aromatic heterocycles. The summed E-state index contributed by atoms with van der Waals surface area (Å²) < 4.78 is 0. The fourth-order valence-electron chi connectivity index (χ4n) is 0.781. The molecule has 0 radical (unpaired) electrons. The third kappa shape index (κ3) is 3.04. The summed E-state index contributed by atoms with van der Waals surface area (Å²) >= 11 is 5.37. The number of carbonyl (C=O) groups is 2. The summed E-state index contributed by atoms with van der Waals surface area (Å²) in [5.41, 5.74) is 0. The summed E-state index contributed by atoms with van der Waals surface area (Å²) in [7, 11) is 1.52. The van der Waals surface area contributed by atoms with Crippen LogP contribution in [-0.4, -0.2) is 25.4 Å². The molecular weight excluding hydrogens is 220 g/mol. The van der Waals surface area contributed by atoms with Crippen LogP contribution in [0.2, 0.25) is 0 Å². The highest BCUT2D eigenvalue weighted by molar-refractivity contribution is 7.80. The van der Waals surface area contributed by atoms with Crippen molar-refractivity contribution in [3.8, 4) is 0 Å². The topological polar surface area (TPSA) is 58.2 Å². The molecule has 0 aliphatic heterocycles. The van der Waals surface area contributed by atoms with Crippen molar-refractivity contribution in [3.63, 3.8) is 0 Å². The smallest absolute Gasteiger partial charge is 0.261 e. The Morgan fingerprint density at radius 1 is 1.57 bits per heavy atom. The first-order valence-electron chi connectivity index (χ1n) is 3.89. The van der Waals surface area contributed by atoms with E-state index < -0.39 is 0 Å². The van der Waals surface area contributed by atoms with Crippen molar-refractivity contribution >= 4 is 35.8 Å². The van der Waals surface area contributed by atoms with Crippen LogP contribution in [0.4, 0.5) is 0 Å². The van der Waals surface area contributed by atoms with Crippen LogP contribution in [0.3, 0.4) is 0 Å². The van der Waals surface area contributed by atoms with Gasteiger partial charge in [0.15, 0.2) is 0 Å². The number of likely N-dealkylation sites (N-methyl/N-ethyl adjacent to an activating group) is 1. The van der Waals surface area contributed by atoms with Gasteiger partial charge in [0.05, 0.1) is 11.4 Å². The fourth-order valence-corrected chi connectivity index (χ4v) is 1.85. The number of carbonyl (C=O) groups excluding carboxylic acids is 2. The molecule has 2 amide bonds. The van der Waals surface area contributed by atoms with E-state index in [0.29, 0.717) is 4.88 Å². The van der Waals surface area contributed by atoms with Crippen molar-refractivity contribution in [2.45, 2.75) is 4.90 Å². The Morgan fingerprint density at radius 3 is 2.79 bits per heavy atom. The molecule has 1 heterocycles. The highest BCUT2D eigenvalue weighted by atomic mass is 32.1. The van der Waals surface area contributed by atoms with E-state index in [2.05, 4.69) is 23.3 Å². The zero-order valence-corrected chi connectivity index (χ0v) is 9.24. The van der Waals surface area contributed by atoms with Crippen molar-refractivity contribution in [3.05, 3.63) is 16.3 Å². The monoisotopic (exact) mass is 230 g/mol. The highest BCUT2D eigenvalue weighted by Gasteiger charge is 2.08. The quantitative estimate of drug-likeness (QED) is 0.663. The zero-order valence-electron chi connectivity index (χ0n) is 7.53. The lowest BCUT2D eigenvalue weighted by Gasteiger charge is -2.01. The largest absolute Gasteiger partial charge is 0.358 e. The number of rotatable bonds is 3. The highest BCUT2D eigenvalue weighted by Crippen LogP contribution is 2.16. The van der Waals surface area contributed by atoms with Gasteiger partial charge in [-0.3, -0.25) is 9.59 Å². The van der Waals surface area contributed by atoms with Gasteiger partial charge in [0.25, 0.3) is 5.91 Å². The molecule has 0 unspecified atom stereocenters. The third-order valence-corrected chi connectivity index (χ3v) is 2.86. The van der Waals surface area contributed by atoms with E-state index in [1.165, 1.54) is 18.4 Å². The molecule has 0 aliphatic rings. The maximum atomic E-state index is 11.4. The lowest BCUT2D eigenvalue weighted by Crippen LogP contribution is -2.34. The molecule has 1 aromatic rings. The summed E-state index contributed by atoms with van der Waals surface area (Å²) in [6, 6.07) is 1.66. The van der Waals surface area contributed by atoms with Gasteiger partial charge < -0.3 is 10.6 Å². The van der Waals surface area contributed by atoms with Crippen LogP contribution in [0.5, 0.6) is 0 Å². The second kappa shape index (κ2) is 5.02. The molecule has 0 aliphatic carbocycles. The van der Waals surface area contributed by atoms with Crippen LogP contribution >= 0.6 is 24.0 Å². The average molecular weight is 230 g/mol. The van der Waals surface area contributed by atoms with Crippen LogP contribution in [-0.2, 0) is 4.79 Å². The maximum Gasteiger partial charge on any atom is 0.261 e. The predicted octanol–water partition coefficient (Wildman–Crippen LogP) is 0.513. The Hall–Kier alpha value is -1.01. The molecule has 0 bridgehead atoms. The second-order valence-electron chi connectivity index (χ2n) is 2.53. The predicted molar refractivity (Wildman–Crippen MR) is 58.0 cm³/mol. The molecule has 6 heteroatoms. The van der Waals surface area contributed by atoms with Crippen LogP contribution in [0.15, 0.2) is 16.3 Å². The van der Waals surface area contributed by atoms with Crippen molar-refractivity contribution in [2.24, 2.45) is 0 Å². The zero-order chi connectivity index (χ0) is 10.6. The summed E-state index contributed by atoms with van der Waals surface area (Å²) in [4.78, 5) is 23.5. The summed E-state index contributed by atoms with van der Waals surface area (Å²) in [6.45, 7) is -0.00482. The van der Waals surface area contributed by atoms with Gasteiger partial charge in [-0.05, 0) is 6.07 Å². The molecule has 0 atom stereocenters. The fraction of sp³-hybridized carbons (Fsp3) is 0.250. The normalized spacial score (nSPS) is 9.57. The van der Waals surface area contributed by atoms with Crippen molar-refractivity contribution < 1.29 is 9.59 Å².